The molecule has 0 spiro atoms. The molecule has 130 valence electrons. The number of carbonyl (C=O) groups is 2. The zero-order valence-corrected chi connectivity index (χ0v) is 15.2. The van der Waals surface area contributed by atoms with Crippen LogP contribution < -0.4 is 10.6 Å². The summed E-state index contributed by atoms with van der Waals surface area (Å²) in [6.45, 7) is 1.13. The number of methoxy groups -OCH3 is 1. The number of benzene rings is 1. The molecular weight excluding hydrogens is 365 g/mol. The predicted octanol–water partition coefficient (Wildman–Crippen LogP) is 2.05. The fourth-order valence-corrected chi connectivity index (χ4v) is 2.10. The molecule has 2 amide bonds. The second-order valence-corrected chi connectivity index (χ2v) is 5.38. The van der Waals surface area contributed by atoms with E-state index >= 15 is 0 Å². The van der Waals surface area contributed by atoms with Gasteiger partial charge in [0.2, 0.25) is 11.8 Å². The number of nitrogens with one attached hydrogen (secondary N) is 2. The lowest BCUT2D eigenvalue weighted by Crippen LogP contribution is -2.40. The van der Waals surface area contributed by atoms with E-state index in [-0.39, 0.29) is 37.3 Å². The number of likely N-dealkylation sites (N-methyl/N-ethyl adjacent to an activating group) is 1. The van der Waals surface area contributed by atoms with Crippen molar-refractivity contribution in [3.05, 3.63) is 28.2 Å². The molecule has 0 aliphatic rings. The molecule has 1 aromatic carbocycles. The highest BCUT2D eigenvalue weighted by atomic mass is 35.5. The lowest BCUT2D eigenvalue weighted by atomic mass is 10.3. The molecule has 0 saturated carbocycles. The topological polar surface area (TPSA) is 70.7 Å². The monoisotopic (exact) mass is 383 g/mol. The van der Waals surface area contributed by atoms with Crippen LogP contribution >= 0.6 is 35.6 Å². The van der Waals surface area contributed by atoms with Crippen LogP contribution in [-0.2, 0) is 14.3 Å². The molecule has 0 bridgehead atoms. The fourth-order valence-electron chi connectivity index (χ4n) is 1.60. The summed E-state index contributed by atoms with van der Waals surface area (Å²) in [5.74, 6) is -0.570. The molecule has 2 N–H and O–H groups in total. The lowest BCUT2D eigenvalue weighted by molar-refractivity contribution is -0.132. The van der Waals surface area contributed by atoms with Gasteiger partial charge in [-0.1, -0.05) is 29.3 Å². The molecule has 0 aliphatic heterocycles. The smallest absolute Gasteiger partial charge is 0.244 e. The molecular formula is C14H20Cl3N3O3. The Hall–Kier alpha value is -1.05. The van der Waals surface area contributed by atoms with Crippen LogP contribution in [0.15, 0.2) is 18.2 Å². The number of anilines is 1. The number of halogens is 3. The van der Waals surface area contributed by atoms with Gasteiger partial charge in [-0.05, 0) is 12.1 Å². The van der Waals surface area contributed by atoms with Crippen molar-refractivity contribution in [3.8, 4) is 0 Å². The van der Waals surface area contributed by atoms with Crippen LogP contribution in [-0.4, -0.2) is 57.1 Å². The Labute approximate surface area is 151 Å². The number of para-hydroxylation sites is 1. The summed E-state index contributed by atoms with van der Waals surface area (Å²) in [6, 6.07) is 4.93. The van der Waals surface area contributed by atoms with Gasteiger partial charge in [0.1, 0.15) is 0 Å². The van der Waals surface area contributed by atoms with E-state index in [9.17, 15) is 9.59 Å². The Balaban J connectivity index is 0.00000484. The minimum atomic E-state index is -0.372. The highest BCUT2D eigenvalue weighted by Gasteiger charge is 2.14. The van der Waals surface area contributed by atoms with E-state index in [2.05, 4.69) is 10.6 Å². The third kappa shape index (κ3) is 7.85. The number of rotatable bonds is 8. The second-order valence-electron chi connectivity index (χ2n) is 4.56. The van der Waals surface area contributed by atoms with Crippen LogP contribution in [0.3, 0.4) is 0 Å². The molecule has 0 unspecified atom stereocenters. The quantitative estimate of drug-likeness (QED) is 0.673. The summed E-state index contributed by atoms with van der Waals surface area (Å²) in [4.78, 5) is 25.1. The second kappa shape index (κ2) is 11.5. The molecule has 0 aliphatic carbocycles. The van der Waals surface area contributed by atoms with Crippen molar-refractivity contribution in [2.24, 2.45) is 0 Å². The van der Waals surface area contributed by atoms with Gasteiger partial charge in [0.25, 0.3) is 0 Å². The van der Waals surface area contributed by atoms with Crippen LogP contribution in [0.1, 0.15) is 0 Å². The molecule has 9 heteroatoms. The first-order chi connectivity index (χ1) is 10.5. The van der Waals surface area contributed by atoms with Gasteiger partial charge in [-0.15, -0.1) is 12.4 Å². The number of ether oxygens (including phenoxy) is 1. The molecule has 6 nitrogen and oxygen atoms in total. The van der Waals surface area contributed by atoms with Crippen LogP contribution in [0.4, 0.5) is 5.69 Å². The number of amides is 2. The van der Waals surface area contributed by atoms with Gasteiger partial charge in [-0.25, -0.2) is 0 Å². The maximum absolute atomic E-state index is 11.9. The van der Waals surface area contributed by atoms with Crippen molar-refractivity contribution in [1.29, 1.82) is 0 Å². The first-order valence-corrected chi connectivity index (χ1v) is 7.38. The molecule has 0 heterocycles. The standard InChI is InChI=1S/C14H19Cl2N3O3.ClH/c1-19(13(21)8-17-6-7-22-2)9-12(20)18-14-10(15)4-3-5-11(14)16;/h3-5,17H,6-9H2,1-2H3,(H,18,20);1H. The van der Waals surface area contributed by atoms with E-state index in [1.165, 1.54) is 4.90 Å². The highest BCUT2D eigenvalue weighted by molar-refractivity contribution is 6.39. The predicted molar refractivity (Wildman–Crippen MR) is 94.7 cm³/mol. The van der Waals surface area contributed by atoms with Crippen molar-refractivity contribution in [2.45, 2.75) is 0 Å². The Morgan fingerprint density at radius 1 is 1.26 bits per heavy atom. The molecule has 1 aromatic rings. The summed E-state index contributed by atoms with van der Waals surface area (Å²) in [5.41, 5.74) is 0.343. The molecule has 0 radical (unpaired) electrons. The summed E-state index contributed by atoms with van der Waals surface area (Å²) in [5, 5.41) is 6.21. The van der Waals surface area contributed by atoms with Crippen LogP contribution in [0, 0.1) is 0 Å². The Kier molecular flexibility index (Phi) is 11.0. The minimum absolute atomic E-state index is 0. The molecule has 0 saturated heterocycles. The van der Waals surface area contributed by atoms with Crippen molar-refractivity contribution in [2.75, 3.05) is 45.7 Å². The third-order valence-electron chi connectivity index (χ3n) is 2.79. The van der Waals surface area contributed by atoms with Crippen LogP contribution in [0.5, 0.6) is 0 Å². The molecule has 0 fully saturated rings. The van der Waals surface area contributed by atoms with Crippen molar-refractivity contribution in [1.82, 2.24) is 10.2 Å². The lowest BCUT2D eigenvalue weighted by Gasteiger charge is -2.17. The van der Waals surface area contributed by atoms with E-state index in [1.807, 2.05) is 0 Å². The largest absolute Gasteiger partial charge is 0.383 e. The summed E-state index contributed by atoms with van der Waals surface area (Å²) in [7, 11) is 3.13. The average molecular weight is 385 g/mol. The summed E-state index contributed by atoms with van der Waals surface area (Å²) in [6.07, 6.45) is 0. The molecule has 23 heavy (non-hydrogen) atoms. The minimum Gasteiger partial charge on any atom is -0.383 e. The van der Waals surface area contributed by atoms with Crippen LogP contribution in [0.25, 0.3) is 0 Å². The van der Waals surface area contributed by atoms with E-state index < -0.39 is 0 Å². The van der Waals surface area contributed by atoms with Crippen molar-refractivity contribution >= 4 is 53.1 Å². The Morgan fingerprint density at radius 3 is 2.43 bits per heavy atom. The zero-order valence-electron chi connectivity index (χ0n) is 12.9. The first-order valence-electron chi connectivity index (χ1n) is 6.63. The average Bonchev–Trinajstić information content (AvgIpc) is 2.47. The number of nitrogens with zero attached hydrogens (tertiary/aromatic N) is 1. The first kappa shape index (κ1) is 21.9. The summed E-state index contributed by atoms with van der Waals surface area (Å²) < 4.78 is 4.86. The van der Waals surface area contributed by atoms with Gasteiger partial charge in [0, 0.05) is 20.7 Å². The van der Waals surface area contributed by atoms with E-state index in [0.29, 0.717) is 28.9 Å². The Bertz CT molecular complexity index is 509. The Morgan fingerprint density at radius 2 is 1.87 bits per heavy atom. The third-order valence-corrected chi connectivity index (χ3v) is 3.42. The van der Waals surface area contributed by atoms with Gasteiger partial charge < -0.3 is 20.3 Å². The van der Waals surface area contributed by atoms with Crippen LogP contribution in [0.2, 0.25) is 10.0 Å². The van der Waals surface area contributed by atoms with E-state index in [4.69, 9.17) is 27.9 Å². The van der Waals surface area contributed by atoms with Gasteiger partial charge >= 0.3 is 0 Å². The van der Waals surface area contributed by atoms with Crippen molar-refractivity contribution < 1.29 is 14.3 Å². The number of carbonyl (C=O) groups excluding carboxylic acids is 2. The maximum atomic E-state index is 11.9. The van der Waals surface area contributed by atoms with Gasteiger partial charge in [-0.3, -0.25) is 9.59 Å². The maximum Gasteiger partial charge on any atom is 0.244 e. The molecule has 0 aromatic heterocycles. The van der Waals surface area contributed by atoms with Gasteiger partial charge in [0.15, 0.2) is 0 Å². The van der Waals surface area contributed by atoms with E-state index in [1.54, 1.807) is 32.4 Å². The van der Waals surface area contributed by atoms with Crippen molar-refractivity contribution in [3.63, 3.8) is 0 Å². The van der Waals surface area contributed by atoms with Gasteiger partial charge in [-0.2, -0.15) is 0 Å². The number of hydrogen-bond acceptors (Lipinski definition) is 4. The highest BCUT2D eigenvalue weighted by Crippen LogP contribution is 2.29. The zero-order chi connectivity index (χ0) is 16.5. The van der Waals surface area contributed by atoms with Gasteiger partial charge in [0.05, 0.1) is 35.4 Å². The molecule has 1 rings (SSSR count). The SMILES string of the molecule is COCCNCC(=O)N(C)CC(=O)Nc1c(Cl)cccc1Cl.Cl. The fraction of sp³-hybridized carbons (Fsp3) is 0.429. The number of hydrogen-bond donors (Lipinski definition) is 2. The normalized spacial score (nSPS) is 9.91. The molecule has 0 atom stereocenters. The van der Waals surface area contributed by atoms with E-state index in [0.717, 1.165) is 0 Å². The summed E-state index contributed by atoms with van der Waals surface area (Å²) >= 11 is 11.9.